The second-order valence-electron chi connectivity index (χ2n) is 7.55. The lowest BCUT2D eigenvalue weighted by atomic mass is 9.71. The van der Waals surface area contributed by atoms with E-state index in [2.05, 4.69) is 44.6 Å². The molecule has 118 valence electrons. The average Bonchev–Trinajstić information content (AvgIpc) is 2.36. The van der Waals surface area contributed by atoms with Crippen LogP contribution < -0.4 is 10.5 Å². The molecule has 2 rings (SSSR count). The summed E-state index contributed by atoms with van der Waals surface area (Å²) in [6, 6.07) is 0. The van der Waals surface area contributed by atoms with Crippen LogP contribution in [0.3, 0.4) is 0 Å². The molecular formula is C17H29N3O. The van der Waals surface area contributed by atoms with E-state index in [0.717, 1.165) is 30.1 Å². The summed E-state index contributed by atoms with van der Waals surface area (Å²) in [5.74, 6) is 2.59. The minimum atomic E-state index is 0.238. The fourth-order valence-corrected chi connectivity index (χ4v) is 3.47. The molecule has 0 amide bonds. The third-order valence-electron chi connectivity index (χ3n) is 4.20. The Morgan fingerprint density at radius 3 is 2.67 bits per heavy atom. The second kappa shape index (κ2) is 6.30. The van der Waals surface area contributed by atoms with E-state index in [4.69, 9.17) is 10.5 Å². The monoisotopic (exact) mass is 291 g/mol. The molecule has 1 heterocycles. The van der Waals surface area contributed by atoms with Crippen LogP contribution in [0.25, 0.3) is 0 Å². The quantitative estimate of drug-likeness (QED) is 0.919. The highest BCUT2D eigenvalue weighted by atomic mass is 16.5. The van der Waals surface area contributed by atoms with Crippen molar-refractivity contribution in [1.82, 2.24) is 9.97 Å². The number of rotatable bonds is 4. The van der Waals surface area contributed by atoms with Gasteiger partial charge in [0.05, 0.1) is 18.0 Å². The summed E-state index contributed by atoms with van der Waals surface area (Å²) < 4.78 is 6.21. The van der Waals surface area contributed by atoms with Gasteiger partial charge >= 0.3 is 0 Å². The summed E-state index contributed by atoms with van der Waals surface area (Å²) in [6.45, 7) is 11.5. The highest BCUT2D eigenvalue weighted by Gasteiger charge is 2.33. The lowest BCUT2D eigenvalue weighted by Crippen LogP contribution is -2.34. The Hall–Kier alpha value is -1.16. The lowest BCUT2D eigenvalue weighted by molar-refractivity contribution is 0.0550. The third-order valence-corrected chi connectivity index (χ3v) is 4.20. The van der Waals surface area contributed by atoms with E-state index in [1.54, 1.807) is 6.20 Å². The first-order valence-electron chi connectivity index (χ1n) is 8.03. The Morgan fingerprint density at radius 2 is 2.10 bits per heavy atom. The van der Waals surface area contributed by atoms with Crippen molar-refractivity contribution < 1.29 is 4.74 Å². The maximum atomic E-state index is 6.21. The molecule has 0 aliphatic heterocycles. The molecule has 0 saturated heterocycles. The predicted molar refractivity (Wildman–Crippen MR) is 85.2 cm³/mol. The molecule has 21 heavy (non-hydrogen) atoms. The number of ether oxygens (including phenoxy) is 1. The van der Waals surface area contributed by atoms with E-state index in [1.165, 1.54) is 6.42 Å². The third kappa shape index (κ3) is 4.16. The fraction of sp³-hybridized carbons (Fsp3) is 0.765. The summed E-state index contributed by atoms with van der Waals surface area (Å²) in [4.78, 5) is 8.97. The summed E-state index contributed by atoms with van der Waals surface area (Å²) in [5, 5.41) is 0. The highest BCUT2D eigenvalue weighted by Crippen LogP contribution is 2.40. The van der Waals surface area contributed by atoms with Gasteiger partial charge in [0.15, 0.2) is 5.75 Å². The molecular weight excluding hydrogens is 262 g/mol. The van der Waals surface area contributed by atoms with Crippen molar-refractivity contribution in [2.75, 3.05) is 0 Å². The first-order chi connectivity index (χ1) is 9.80. The van der Waals surface area contributed by atoms with E-state index >= 15 is 0 Å². The van der Waals surface area contributed by atoms with Gasteiger partial charge in [0.2, 0.25) is 0 Å². The van der Waals surface area contributed by atoms with Gasteiger partial charge in [0.1, 0.15) is 5.82 Å². The van der Waals surface area contributed by atoms with Crippen LogP contribution in [0.1, 0.15) is 71.3 Å². The van der Waals surface area contributed by atoms with Crippen LogP contribution in [0.4, 0.5) is 0 Å². The maximum Gasteiger partial charge on any atom is 0.160 e. The van der Waals surface area contributed by atoms with Crippen LogP contribution in [0.15, 0.2) is 6.20 Å². The van der Waals surface area contributed by atoms with Crippen molar-refractivity contribution in [3.05, 3.63) is 17.7 Å². The molecule has 1 aromatic rings. The van der Waals surface area contributed by atoms with Gasteiger partial charge in [-0.25, -0.2) is 9.97 Å². The van der Waals surface area contributed by atoms with Crippen LogP contribution >= 0.6 is 0 Å². The molecule has 0 aromatic carbocycles. The maximum absolute atomic E-state index is 6.21. The smallest absolute Gasteiger partial charge is 0.160 e. The largest absolute Gasteiger partial charge is 0.487 e. The number of hydrogen-bond acceptors (Lipinski definition) is 4. The van der Waals surface area contributed by atoms with Gasteiger partial charge in [-0.15, -0.1) is 0 Å². The predicted octanol–water partition coefficient (Wildman–Crippen LogP) is 3.65. The average molecular weight is 291 g/mol. The molecule has 4 heteroatoms. The highest BCUT2D eigenvalue weighted by molar-refractivity contribution is 5.25. The molecule has 1 aliphatic carbocycles. The molecule has 0 radical (unpaired) electrons. The van der Waals surface area contributed by atoms with Crippen molar-refractivity contribution >= 4 is 0 Å². The van der Waals surface area contributed by atoms with Gasteiger partial charge in [-0.05, 0) is 30.6 Å². The minimum absolute atomic E-state index is 0.238. The van der Waals surface area contributed by atoms with Crippen LogP contribution in [-0.4, -0.2) is 16.1 Å². The number of nitrogens with two attached hydrogens (primary N) is 1. The van der Waals surface area contributed by atoms with Gasteiger partial charge in [-0.3, -0.25) is 0 Å². The minimum Gasteiger partial charge on any atom is -0.487 e. The van der Waals surface area contributed by atoms with Crippen molar-refractivity contribution in [1.29, 1.82) is 0 Å². The normalized spacial score (nSPS) is 25.1. The Kier molecular flexibility index (Phi) is 4.87. The standard InChI is InChI=1S/C17H29N3O/c1-11(2)16-19-10-15(14(9-18)20-16)21-13-6-12(3)7-17(4,5)8-13/h10-13H,6-9,18H2,1-5H3. The summed E-state index contributed by atoms with van der Waals surface area (Å²) >= 11 is 0. The second-order valence-corrected chi connectivity index (χ2v) is 7.55. The molecule has 1 fully saturated rings. The Bertz CT molecular complexity index is 485. The summed E-state index contributed by atoms with van der Waals surface area (Å²) in [7, 11) is 0. The first kappa shape index (κ1) is 16.2. The Labute approximate surface area is 128 Å². The molecule has 0 bridgehead atoms. The van der Waals surface area contributed by atoms with E-state index in [1.807, 2.05) is 0 Å². The zero-order chi connectivity index (χ0) is 15.6. The number of hydrogen-bond donors (Lipinski definition) is 1. The summed E-state index contributed by atoms with van der Waals surface area (Å²) in [5.41, 5.74) is 7.00. The van der Waals surface area contributed by atoms with Gasteiger partial charge in [0, 0.05) is 12.5 Å². The topological polar surface area (TPSA) is 61.0 Å². The number of aromatic nitrogens is 2. The zero-order valence-corrected chi connectivity index (χ0v) is 14.0. The van der Waals surface area contributed by atoms with E-state index < -0.39 is 0 Å². The van der Waals surface area contributed by atoms with Gasteiger partial charge < -0.3 is 10.5 Å². The molecule has 2 unspecified atom stereocenters. The SMILES string of the molecule is CC1CC(Oc2cnc(C(C)C)nc2CN)CC(C)(C)C1. The Morgan fingerprint density at radius 1 is 1.38 bits per heavy atom. The van der Waals surface area contributed by atoms with Crippen LogP contribution in [0, 0.1) is 11.3 Å². The van der Waals surface area contributed by atoms with Crippen molar-refractivity contribution in [3.8, 4) is 5.75 Å². The molecule has 1 aliphatic rings. The Balaban J connectivity index is 2.15. The molecule has 1 saturated carbocycles. The van der Waals surface area contributed by atoms with Crippen molar-refractivity contribution in [3.63, 3.8) is 0 Å². The van der Waals surface area contributed by atoms with Crippen LogP contribution in [0.5, 0.6) is 5.75 Å². The van der Waals surface area contributed by atoms with E-state index in [-0.39, 0.29) is 6.10 Å². The lowest BCUT2D eigenvalue weighted by Gasteiger charge is -2.38. The van der Waals surface area contributed by atoms with Gasteiger partial charge in [-0.2, -0.15) is 0 Å². The van der Waals surface area contributed by atoms with E-state index in [9.17, 15) is 0 Å². The zero-order valence-electron chi connectivity index (χ0n) is 14.0. The van der Waals surface area contributed by atoms with Crippen LogP contribution in [0.2, 0.25) is 0 Å². The number of nitrogens with zero attached hydrogens (tertiary/aromatic N) is 2. The molecule has 0 spiro atoms. The van der Waals surface area contributed by atoms with Crippen molar-refractivity contribution in [2.45, 2.75) is 72.4 Å². The van der Waals surface area contributed by atoms with Gasteiger partial charge in [-0.1, -0.05) is 34.6 Å². The van der Waals surface area contributed by atoms with Gasteiger partial charge in [0.25, 0.3) is 0 Å². The van der Waals surface area contributed by atoms with Crippen molar-refractivity contribution in [2.24, 2.45) is 17.1 Å². The molecule has 2 atom stereocenters. The fourth-order valence-electron chi connectivity index (χ4n) is 3.47. The molecule has 4 nitrogen and oxygen atoms in total. The first-order valence-corrected chi connectivity index (χ1v) is 8.03. The molecule has 2 N–H and O–H groups in total. The van der Waals surface area contributed by atoms with Crippen LogP contribution in [-0.2, 0) is 6.54 Å². The summed E-state index contributed by atoms with van der Waals surface area (Å²) in [6.07, 6.45) is 5.48. The van der Waals surface area contributed by atoms with E-state index in [0.29, 0.717) is 23.8 Å². The molecule has 1 aromatic heterocycles.